The maximum Gasteiger partial charge on any atom is 0.365 e. The van der Waals surface area contributed by atoms with Crippen molar-refractivity contribution in [2.45, 2.75) is 6.92 Å². The number of carbonyl (C=O) groups excluding carboxylic acids is 1. The fourth-order valence-electron chi connectivity index (χ4n) is 1.26. The molecular formula is C13H10INO3. The lowest BCUT2D eigenvalue weighted by molar-refractivity contribution is 0.0519. The average Bonchev–Trinajstić information content (AvgIpc) is 2.85. The molecule has 0 aliphatic carbocycles. The normalized spacial score (nSPS) is 10.8. The van der Waals surface area contributed by atoms with Crippen molar-refractivity contribution in [3.63, 3.8) is 0 Å². The highest BCUT2D eigenvalue weighted by atomic mass is 127. The number of hydrogen-bond acceptors (Lipinski definition) is 4. The molecule has 0 aliphatic rings. The van der Waals surface area contributed by atoms with Crippen molar-refractivity contribution < 1.29 is 14.0 Å². The molecule has 0 radical (unpaired) electrons. The van der Waals surface area contributed by atoms with E-state index >= 15 is 0 Å². The Morgan fingerprint density at radius 2 is 2.28 bits per heavy atom. The topological polar surface area (TPSA) is 51.8 Å². The Kier molecular flexibility index (Phi) is 4.14. The van der Waals surface area contributed by atoms with E-state index in [1.165, 1.54) is 18.7 Å². The molecule has 18 heavy (non-hydrogen) atoms. The van der Waals surface area contributed by atoms with Crippen molar-refractivity contribution in [3.05, 3.63) is 57.1 Å². The Hall–Kier alpha value is -1.63. The lowest BCUT2D eigenvalue weighted by atomic mass is 10.2. The summed E-state index contributed by atoms with van der Waals surface area (Å²) in [6.45, 7) is 1.98. The molecule has 0 saturated heterocycles. The van der Waals surface area contributed by atoms with Gasteiger partial charge in [0, 0.05) is 9.13 Å². The zero-order chi connectivity index (χ0) is 13.0. The van der Waals surface area contributed by atoms with E-state index in [0.29, 0.717) is 5.56 Å². The molecule has 92 valence electrons. The highest BCUT2D eigenvalue weighted by molar-refractivity contribution is 14.1. The van der Waals surface area contributed by atoms with Gasteiger partial charge in [0.15, 0.2) is 0 Å². The van der Waals surface area contributed by atoms with Gasteiger partial charge in [-0.2, -0.15) is 0 Å². The van der Waals surface area contributed by atoms with Crippen LogP contribution in [0.3, 0.4) is 0 Å². The minimum absolute atomic E-state index is 0.479. The van der Waals surface area contributed by atoms with E-state index < -0.39 is 5.97 Å². The first-order valence-corrected chi connectivity index (χ1v) is 6.28. The van der Waals surface area contributed by atoms with Crippen LogP contribution in [0.15, 0.2) is 46.4 Å². The van der Waals surface area contributed by atoms with E-state index in [9.17, 15) is 4.79 Å². The molecule has 1 aromatic carbocycles. The van der Waals surface area contributed by atoms with E-state index in [1.54, 1.807) is 18.2 Å². The highest BCUT2D eigenvalue weighted by Crippen LogP contribution is 2.14. The molecule has 4 nitrogen and oxygen atoms in total. The minimum atomic E-state index is -0.479. The molecular weight excluding hydrogens is 345 g/mol. The summed E-state index contributed by atoms with van der Waals surface area (Å²) in [4.78, 5) is 16.5. The first kappa shape index (κ1) is 12.8. The number of rotatable bonds is 3. The van der Waals surface area contributed by atoms with Crippen molar-refractivity contribution in [3.8, 4) is 0 Å². The lowest BCUT2D eigenvalue weighted by Crippen LogP contribution is -2.01. The van der Waals surface area contributed by atoms with Crippen molar-refractivity contribution in [1.82, 2.24) is 0 Å². The molecule has 0 spiro atoms. The number of hydrogen-bond donors (Lipinski definition) is 0. The monoisotopic (exact) mass is 355 g/mol. The van der Waals surface area contributed by atoms with Crippen LogP contribution >= 0.6 is 22.6 Å². The first-order valence-electron chi connectivity index (χ1n) is 5.20. The van der Waals surface area contributed by atoms with Crippen LogP contribution in [-0.2, 0) is 4.84 Å². The third-order valence-corrected chi connectivity index (χ3v) is 3.45. The number of benzene rings is 1. The van der Waals surface area contributed by atoms with Crippen LogP contribution in [0.5, 0.6) is 0 Å². The van der Waals surface area contributed by atoms with Crippen LogP contribution < -0.4 is 0 Å². The van der Waals surface area contributed by atoms with Gasteiger partial charge in [0.25, 0.3) is 0 Å². The van der Waals surface area contributed by atoms with Gasteiger partial charge in [-0.15, -0.1) is 0 Å². The molecule has 0 bridgehead atoms. The summed E-state index contributed by atoms with van der Waals surface area (Å²) >= 11 is 2.17. The van der Waals surface area contributed by atoms with Crippen molar-refractivity contribution in [1.29, 1.82) is 0 Å². The second kappa shape index (κ2) is 5.81. The van der Waals surface area contributed by atoms with Crippen LogP contribution in [0.1, 0.15) is 21.5 Å². The number of furan rings is 1. The smallest absolute Gasteiger partial charge is 0.365 e. The van der Waals surface area contributed by atoms with E-state index in [-0.39, 0.29) is 0 Å². The van der Waals surface area contributed by atoms with Crippen molar-refractivity contribution >= 4 is 34.8 Å². The van der Waals surface area contributed by atoms with Crippen LogP contribution in [-0.4, -0.2) is 12.2 Å². The van der Waals surface area contributed by atoms with Gasteiger partial charge in [0.2, 0.25) is 0 Å². The summed E-state index contributed by atoms with van der Waals surface area (Å²) < 4.78 is 5.87. The van der Waals surface area contributed by atoms with Crippen molar-refractivity contribution in [2.24, 2.45) is 5.16 Å². The second-order valence-corrected chi connectivity index (χ2v) is 4.80. The number of oxime groups is 1. The summed E-state index contributed by atoms with van der Waals surface area (Å²) in [6, 6.07) is 7.07. The number of nitrogens with zero attached hydrogens (tertiary/aromatic N) is 1. The summed E-state index contributed by atoms with van der Waals surface area (Å²) in [7, 11) is 0. The van der Waals surface area contributed by atoms with Gasteiger partial charge in [0.1, 0.15) is 0 Å². The standard InChI is InChI=1S/C13H10INO3/c1-9-2-3-11(6-12(9)14)13(16)18-15-7-10-4-5-17-8-10/h2-8H,1H3. The Bertz CT molecular complexity index is 576. The molecule has 2 aromatic rings. The zero-order valence-electron chi connectivity index (χ0n) is 9.59. The number of aryl methyl sites for hydroxylation is 1. The highest BCUT2D eigenvalue weighted by Gasteiger charge is 2.08. The molecule has 2 rings (SSSR count). The predicted octanol–water partition coefficient (Wildman–Crippen LogP) is 3.38. The fourth-order valence-corrected chi connectivity index (χ4v) is 1.77. The molecule has 0 saturated carbocycles. The molecule has 1 aromatic heterocycles. The van der Waals surface area contributed by atoms with Crippen molar-refractivity contribution in [2.75, 3.05) is 0 Å². The van der Waals surface area contributed by atoms with Gasteiger partial charge >= 0.3 is 5.97 Å². The fraction of sp³-hybridized carbons (Fsp3) is 0.0769. The predicted molar refractivity (Wildman–Crippen MR) is 75.6 cm³/mol. The van der Waals surface area contributed by atoms with Gasteiger partial charge in [-0.25, -0.2) is 4.79 Å². The average molecular weight is 355 g/mol. The number of halogens is 1. The quantitative estimate of drug-likeness (QED) is 0.367. The summed E-state index contributed by atoms with van der Waals surface area (Å²) in [6.07, 6.45) is 4.44. The van der Waals surface area contributed by atoms with Crippen LogP contribution in [0.2, 0.25) is 0 Å². The molecule has 0 amide bonds. The minimum Gasteiger partial charge on any atom is -0.472 e. The maximum absolute atomic E-state index is 11.7. The Balaban J connectivity index is 2.01. The lowest BCUT2D eigenvalue weighted by Gasteiger charge is -2.01. The SMILES string of the molecule is Cc1ccc(C(=O)ON=Cc2ccoc2)cc1I. The summed E-state index contributed by atoms with van der Waals surface area (Å²) in [5.74, 6) is -0.479. The Labute approximate surface area is 118 Å². The summed E-state index contributed by atoms with van der Waals surface area (Å²) in [5, 5.41) is 3.61. The second-order valence-electron chi connectivity index (χ2n) is 3.63. The van der Waals surface area contributed by atoms with Gasteiger partial charge < -0.3 is 9.25 Å². The third kappa shape index (κ3) is 3.19. The largest absolute Gasteiger partial charge is 0.472 e. The van der Waals surface area contributed by atoms with Crippen LogP contribution in [0.4, 0.5) is 0 Å². The molecule has 5 heteroatoms. The summed E-state index contributed by atoms with van der Waals surface area (Å²) in [5.41, 5.74) is 2.34. The van der Waals surface area contributed by atoms with E-state index in [1.807, 2.05) is 13.0 Å². The van der Waals surface area contributed by atoms with Gasteiger partial charge in [-0.05, 0) is 53.3 Å². The first-order chi connectivity index (χ1) is 8.66. The molecule has 1 heterocycles. The molecule has 0 unspecified atom stereocenters. The third-order valence-electron chi connectivity index (χ3n) is 2.29. The van der Waals surface area contributed by atoms with E-state index in [0.717, 1.165) is 14.7 Å². The van der Waals surface area contributed by atoms with Gasteiger partial charge in [-0.1, -0.05) is 11.2 Å². The van der Waals surface area contributed by atoms with Gasteiger partial charge in [-0.3, -0.25) is 0 Å². The number of carbonyl (C=O) groups is 1. The zero-order valence-corrected chi connectivity index (χ0v) is 11.7. The van der Waals surface area contributed by atoms with E-state index in [4.69, 9.17) is 9.25 Å². The molecule has 0 atom stereocenters. The maximum atomic E-state index is 11.7. The van der Waals surface area contributed by atoms with Gasteiger partial charge in [0.05, 0.1) is 24.3 Å². The van der Waals surface area contributed by atoms with Crippen LogP contribution in [0.25, 0.3) is 0 Å². The molecule has 0 aliphatic heterocycles. The Morgan fingerprint density at radius 3 is 2.94 bits per heavy atom. The Morgan fingerprint density at radius 1 is 1.44 bits per heavy atom. The molecule has 0 fully saturated rings. The van der Waals surface area contributed by atoms with Crippen LogP contribution in [0, 0.1) is 10.5 Å². The van der Waals surface area contributed by atoms with E-state index in [2.05, 4.69) is 27.7 Å². The molecule has 0 N–H and O–H groups in total.